The van der Waals surface area contributed by atoms with Crippen molar-refractivity contribution in [3.63, 3.8) is 0 Å². The first kappa shape index (κ1) is 12.7. The van der Waals surface area contributed by atoms with Gasteiger partial charge in [-0.3, -0.25) is 14.4 Å². The van der Waals surface area contributed by atoms with E-state index in [0.29, 0.717) is 11.3 Å². The number of hydrogen-bond acceptors (Lipinski definition) is 4. The summed E-state index contributed by atoms with van der Waals surface area (Å²) in [6, 6.07) is 9.11. The fourth-order valence-electron chi connectivity index (χ4n) is 1.48. The Morgan fingerprint density at radius 3 is 2.63 bits per heavy atom. The van der Waals surface area contributed by atoms with Gasteiger partial charge in [-0.05, 0) is 25.1 Å². The largest absolute Gasteiger partial charge is 0.321 e. The summed E-state index contributed by atoms with van der Waals surface area (Å²) in [5, 5.41) is 8.39. The first-order valence-electron chi connectivity index (χ1n) is 5.54. The Morgan fingerprint density at radius 2 is 2.00 bits per heavy atom. The van der Waals surface area contributed by atoms with Gasteiger partial charge in [0, 0.05) is 17.3 Å². The minimum absolute atomic E-state index is 0.0849. The van der Waals surface area contributed by atoms with Crippen molar-refractivity contribution in [3.8, 4) is 0 Å². The Hall–Kier alpha value is -2.76. The summed E-state index contributed by atoms with van der Waals surface area (Å²) in [6.07, 6.45) is 0. The molecule has 0 aliphatic heterocycles. The van der Waals surface area contributed by atoms with Crippen molar-refractivity contribution in [2.24, 2.45) is 0 Å². The third-order valence-corrected chi connectivity index (χ3v) is 2.44. The van der Waals surface area contributed by atoms with Crippen molar-refractivity contribution in [3.05, 3.63) is 58.0 Å². The molecule has 6 nitrogen and oxygen atoms in total. The first-order chi connectivity index (χ1) is 9.06. The average Bonchev–Trinajstić information content (AvgIpc) is 2.39. The lowest BCUT2D eigenvalue weighted by Gasteiger charge is -2.05. The minimum Gasteiger partial charge on any atom is -0.321 e. The van der Waals surface area contributed by atoms with E-state index in [1.54, 1.807) is 24.3 Å². The Labute approximate surface area is 108 Å². The molecule has 0 aliphatic rings. The lowest BCUT2D eigenvalue weighted by Crippen LogP contribution is -2.17. The van der Waals surface area contributed by atoms with E-state index < -0.39 is 5.91 Å². The molecule has 1 amide bonds. The van der Waals surface area contributed by atoms with Gasteiger partial charge in [-0.15, -0.1) is 0 Å². The quantitative estimate of drug-likeness (QED) is 0.809. The number of rotatable bonds is 3. The van der Waals surface area contributed by atoms with Crippen LogP contribution in [0.3, 0.4) is 0 Å². The monoisotopic (exact) mass is 257 g/mol. The molecule has 1 aromatic carbocycles. The fourth-order valence-corrected chi connectivity index (χ4v) is 1.48. The van der Waals surface area contributed by atoms with Gasteiger partial charge in [-0.25, -0.2) is 5.10 Å². The van der Waals surface area contributed by atoms with Crippen LogP contribution >= 0.6 is 0 Å². The Morgan fingerprint density at radius 1 is 1.21 bits per heavy atom. The number of nitrogens with zero attached hydrogens (tertiary/aromatic N) is 1. The van der Waals surface area contributed by atoms with Gasteiger partial charge < -0.3 is 5.32 Å². The van der Waals surface area contributed by atoms with E-state index in [-0.39, 0.29) is 17.0 Å². The molecule has 2 N–H and O–H groups in total. The average molecular weight is 257 g/mol. The van der Waals surface area contributed by atoms with E-state index in [2.05, 4.69) is 15.5 Å². The number of aromatic nitrogens is 2. The van der Waals surface area contributed by atoms with E-state index >= 15 is 0 Å². The normalized spacial score (nSPS) is 9.95. The van der Waals surface area contributed by atoms with E-state index in [0.717, 1.165) is 0 Å². The van der Waals surface area contributed by atoms with Gasteiger partial charge in [0.15, 0.2) is 5.78 Å². The minimum atomic E-state index is -0.461. The van der Waals surface area contributed by atoms with Crippen molar-refractivity contribution >= 4 is 17.4 Å². The van der Waals surface area contributed by atoms with Gasteiger partial charge in [-0.1, -0.05) is 12.1 Å². The molecule has 6 heteroatoms. The molecule has 1 heterocycles. The van der Waals surface area contributed by atoms with Crippen LogP contribution in [0.25, 0.3) is 0 Å². The Bertz CT molecular complexity index is 671. The lowest BCUT2D eigenvalue weighted by atomic mass is 10.1. The van der Waals surface area contributed by atoms with Gasteiger partial charge >= 0.3 is 0 Å². The number of nitrogens with one attached hydrogen (secondary N) is 2. The maximum atomic E-state index is 11.8. The number of hydrogen-bond donors (Lipinski definition) is 2. The predicted molar refractivity (Wildman–Crippen MR) is 69.3 cm³/mol. The summed E-state index contributed by atoms with van der Waals surface area (Å²) in [6.45, 7) is 1.45. The number of Topliss-reactive ketones (excluding diaryl/α,β-unsaturated/α-hetero) is 1. The van der Waals surface area contributed by atoms with Crippen LogP contribution in [0.1, 0.15) is 27.8 Å². The standard InChI is InChI=1S/C13H11N3O3/c1-8(17)9-3-2-4-10(7-9)14-13(19)11-5-6-12(18)16-15-11/h2-7H,1H3,(H,14,19)(H,16,18). The molecule has 0 spiro atoms. The lowest BCUT2D eigenvalue weighted by molar-refractivity contribution is 0.100. The highest BCUT2D eigenvalue weighted by Gasteiger charge is 2.08. The van der Waals surface area contributed by atoms with Crippen LogP contribution in [0.2, 0.25) is 0 Å². The Kier molecular flexibility index (Phi) is 3.51. The number of H-pyrrole nitrogens is 1. The summed E-state index contributed by atoms with van der Waals surface area (Å²) in [5.74, 6) is -0.546. The van der Waals surface area contributed by atoms with Crippen molar-refractivity contribution in [1.82, 2.24) is 10.2 Å². The molecule has 0 saturated heterocycles. The molecule has 1 aromatic heterocycles. The maximum absolute atomic E-state index is 11.8. The topological polar surface area (TPSA) is 91.9 Å². The highest BCUT2D eigenvalue weighted by Crippen LogP contribution is 2.11. The molecule has 0 aliphatic carbocycles. The second kappa shape index (κ2) is 5.26. The van der Waals surface area contributed by atoms with E-state index in [9.17, 15) is 14.4 Å². The predicted octanol–water partition coefficient (Wildman–Crippen LogP) is 1.22. The summed E-state index contributed by atoms with van der Waals surface area (Å²) >= 11 is 0. The summed E-state index contributed by atoms with van der Waals surface area (Å²) in [5.41, 5.74) is 0.709. The van der Waals surface area contributed by atoms with E-state index in [1.165, 1.54) is 19.1 Å². The molecule has 0 saturated carbocycles. The second-order valence-corrected chi connectivity index (χ2v) is 3.90. The highest BCUT2D eigenvalue weighted by molar-refractivity contribution is 6.03. The zero-order valence-corrected chi connectivity index (χ0v) is 10.1. The molecule has 0 atom stereocenters. The van der Waals surface area contributed by atoms with E-state index in [4.69, 9.17) is 0 Å². The van der Waals surface area contributed by atoms with Crippen molar-refractivity contribution in [2.75, 3.05) is 5.32 Å². The number of carbonyl (C=O) groups excluding carboxylic acids is 2. The number of aromatic amines is 1. The molecule has 19 heavy (non-hydrogen) atoms. The molecule has 96 valence electrons. The van der Waals surface area contributed by atoms with Gasteiger partial charge in [0.2, 0.25) is 0 Å². The van der Waals surface area contributed by atoms with Crippen LogP contribution in [0.15, 0.2) is 41.2 Å². The van der Waals surface area contributed by atoms with Crippen molar-refractivity contribution < 1.29 is 9.59 Å². The number of benzene rings is 1. The second-order valence-electron chi connectivity index (χ2n) is 3.90. The van der Waals surface area contributed by atoms with Gasteiger partial charge in [0.05, 0.1) is 0 Å². The SMILES string of the molecule is CC(=O)c1cccc(NC(=O)c2ccc(=O)[nH]n2)c1. The third-order valence-electron chi connectivity index (χ3n) is 2.44. The van der Waals surface area contributed by atoms with Crippen LogP contribution < -0.4 is 10.9 Å². The highest BCUT2D eigenvalue weighted by atomic mass is 16.2. The molecule has 0 unspecified atom stereocenters. The van der Waals surface area contributed by atoms with Crippen LogP contribution in [-0.4, -0.2) is 21.9 Å². The van der Waals surface area contributed by atoms with Crippen LogP contribution in [0.5, 0.6) is 0 Å². The van der Waals surface area contributed by atoms with E-state index in [1.807, 2.05) is 0 Å². The molecule has 0 radical (unpaired) electrons. The fraction of sp³-hybridized carbons (Fsp3) is 0.0769. The molecular formula is C13H11N3O3. The zero-order valence-electron chi connectivity index (χ0n) is 10.1. The van der Waals surface area contributed by atoms with Gasteiger partial charge in [0.25, 0.3) is 11.5 Å². The molecule has 2 rings (SSSR count). The zero-order chi connectivity index (χ0) is 13.8. The number of anilines is 1. The first-order valence-corrected chi connectivity index (χ1v) is 5.54. The molecule has 0 fully saturated rings. The number of carbonyl (C=O) groups is 2. The summed E-state index contributed by atoms with van der Waals surface area (Å²) in [4.78, 5) is 33.9. The summed E-state index contributed by atoms with van der Waals surface area (Å²) in [7, 11) is 0. The van der Waals surface area contributed by atoms with Crippen molar-refractivity contribution in [1.29, 1.82) is 0 Å². The van der Waals surface area contributed by atoms with Gasteiger partial charge in [-0.2, -0.15) is 5.10 Å². The smallest absolute Gasteiger partial charge is 0.276 e. The molecular weight excluding hydrogens is 246 g/mol. The van der Waals surface area contributed by atoms with Crippen LogP contribution in [0.4, 0.5) is 5.69 Å². The van der Waals surface area contributed by atoms with Crippen LogP contribution in [0, 0.1) is 0 Å². The summed E-state index contributed by atoms with van der Waals surface area (Å²) < 4.78 is 0. The number of amides is 1. The molecule has 0 bridgehead atoms. The Balaban J connectivity index is 2.19. The van der Waals surface area contributed by atoms with Crippen LogP contribution in [-0.2, 0) is 0 Å². The maximum Gasteiger partial charge on any atom is 0.276 e. The third kappa shape index (κ3) is 3.12. The molecule has 2 aromatic rings. The number of ketones is 1. The van der Waals surface area contributed by atoms with Crippen molar-refractivity contribution in [2.45, 2.75) is 6.92 Å². The van der Waals surface area contributed by atoms with Gasteiger partial charge in [0.1, 0.15) is 5.69 Å².